The lowest BCUT2D eigenvalue weighted by Gasteiger charge is -2.32. The van der Waals surface area contributed by atoms with Crippen molar-refractivity contribution >= 4 is 29.7 Å². The first-order valence-corrected chi connectivity index (χ1v) is 11.1. The molecule has 2 amide bonds. The minimum absolute atomic E-state index is 0.0452. The van der Waals surface area contributed by atoms with Gasteiger partial charge in [0.05, 0.1) is 39.3 Å². The minimum atomic E-state index is -1.03. The Morgan fingerprint density at radius 1 is 0.600 bits per heavy atom. The van der Waals surface area contributed by atoms with Crippen LogP contribution in [0.25, 0.3) is 0 Å². The Morgan fingerprint density at radius 2 is 0.943 bits per heavy atom. The third kappa shape index (κ3) is 14.6. The molecule has 1 saturated heterocycles. The zero-order valence-corrected chi connectivity index (χ0v) is 19.6. The van der Waals surface area contributed by atoms with Crippen LogP contribution >= 0.6 is 0 Å². The summed E-state index contributed by atoms with van der Waals surface area (Å²) in [6, 6.07) is 0. The predicted molar refractivity (Wildman–Crippen MR) is 124 cm³/mol. The van der Waals surface area contributed by atoms with Gasteiger partial charge in [-0.2, -0.15) is 0 Å². The van der Waals surface area contributed by atoms with E-state index < -0.39 is 29.7 Å². The number of carbonyl (C=O) groups is 5. The first-order chi connectivity index (χ1) is 16.6. The molecule has 0 radical (unpaired) electrons. The second-order valence-electron chi connectivity index (χ2n) is 8.04. The molecule has 1 aliphatic rings. The maximum atomic E-state index is 12.4. The highest BCUT2D eigenvalue weighted by atomic mass is 16.4. The molecule has 14 nitrogen and oxygen atoms in total. The molecule has 1 rings (SSSR count). The van der Waals surface area contributed by atoms with Crippen LogP contribution in [0.15, 0.2) is 0 Å². The van der Waals surface area contributed by atoms with E-state index >= 15 is 0 Å². The van der Waals surface area contributed by atoms with Gasteiger partial charge < -0.3 is 26.0 Å². The largest absolute Gasteiger partial charge is 0.480 e. The summed E-state index contributed by atoms with van der Waals surface area (Å²) in [5, 5.41) is 32.6. The van der Waals surface area contributed by atoms with Crippen molar-refractivity contribution in [2.45, 2.75) is 0 Å². The van der Waals surface area contributed by atoms with E-state index in [1.807, 2.05) is 0 Å². The molecule has 196 valence electrons. The van der Waals surface area contributed by atoms with Crippen molar-refractivity contribution in [2.24, 2.45) is 0 Å². The maximum Gasteiger partial charge on any atom is 0.317 e. The van der Waals surface area contributed by atoms with Crippen LogP contribution in [0.2, 0.25) is 0 Å². The average Bonchev–Trinajstić information content (AvgIpc) is 2.76. The quantitative estimate of drug-likeness (QED) is 0.176. The van der Waals surface area contributed by atoms with Crippen molar-refractivity contribution in [2.75, 3.05) is 91.6 Å². The van der Waals surface area contributed by atoms with E-state index in [-0.39, 0.29) is 65.4 Å². The second kappa shape index (κ2) is 16.4. The molecule has 14 heteroatoms. The number of hydrogen-bond acceptors (Lipinski definition) is 9. The molecule has 1 heterocycles. The fourth-order valence-corrected chi connectivity index (χ4v) is 3.43. The maximum absolute atomic E-state index is 12.4. The number of nitrogens with one attached hydrogen (secondary N) is 2. The Morgan fingerprint density at radius 3 is 1.26 bits per heavy atom. The summed E-state index contributed by atoms with van der Waals surface area (Å²) < 4.78 is 0. The molecule has 0 aromatic rings. The standard InChI is InChI=1S/C21H34N6O8/c1-2-3-22-17(28)12-23-18(29)13-24-4-6-25(14-19(30)31)8-10-27(16-21(34)35)11-9-26(7-5-24)15-20(32)33/h1H,3-16H2,(H,22,28)(H,23,29)(H,30,31)(H,32,33)(H,34,35). The van der Waals surface area contributed by atoms with Gasteiger partial charge in [0, 0.05) is 52.4 Å². The minimum Gasteiger partial charge on any atom is -0.480 e. The number of carboxylic acids is 3. The topological polar surface area (TPSA) is 183 Å². The molecule has 1 fully saturated rings. The van der Waals surface area contributed by atoms with E-state index in [0.717, 1.165) is 0 Å². The summed E-state index contributed by atoms with van der Waals surface area (Å²) in [4.78, 5) is 64.5. The molecule has 5 N–H and O–H groups in total. The Labute approximate surface area is 203 Å². The molecule has 0 bridgehead atoms. The lowest BCUT2D eigenvalue weighted by atomic mass is 10.3. The lowest BCUT2D eigenvalue weighted by Crippen LogP contribution is -2.50. The highest BCUT2D eigenvalue weighted by Crippen LogP contribution is 2.01. The van der Waals surface area contributed by atoms with E-state index in [9.17, 15) is 39.3 Å². The van der Waals surface area contributed by atoms with Gasteiger partial charge >= 0.3 is 17.9 Å². The van der Waals surface area contributed by atoms with E-state index in [1.54, 1.807) is 19.6 Å². The fraction of sp³-hybridized carbons (Fsp3) is 0.667. The van der Waals surface area contributed by atoms with Crippen molar-refractivity contribution in [3.05, 3.63) is 0 Å². The van der Waals surface area contributed by atoms with Crippen LogP contribution in [0.1, 0.15) is 0 Å². The van der Waals surface area contributed by atoms with E-state index in [0.29, 0.717) is 26.2 Å². The van der Waals surface area contributed by atoms with Crippen molar-refractivity contribution in [3.63, 3.8) is 0 Å². The summed E-state index contributed by atoms with van der Waals surface area (Å²) in [6.45, 7) is 1.33. The number of amides is 2. The zero-order valence-electron chi connectivity index (χ0n) is 19.6. The van der Waals surface area contributed by atoms with Crippen molar-refractivity contribution in [1.82, 2.24) is 30.2 Å². The van der Waals surface area contributed by atoms with Crippen LogP contribution in [0.5, 0.6) is 0 Å². The lowest BCUT2D eigenvalue weighted by molar-refractivity contribution is -0.140. The molecule has 0 saturated carbocycles. The molecule has 0 aromatic heterocycles. The highest BCUT2D eigenvalue weighted by molar-refractivity contribution is 5.85. The average molecular weight is 499 g/mol. The number of terminal acetylenes is 1. The zero-order chi connectivity index (χ0) is 26.2. The number of nitrogens with zero attached hydrogens (tertiary/aromatic N) is 4. The molecule has 0 aromatic carbocycles. The van der Waals surface area contributed by atoms with E-state index in [4.69, 9.17) is 6.42 Å². The van der Waals surface area contributed by atoms with Crippen LogP contribution in [0.3, 0.4) is 0 Å². The van der Waals surface area contributed by atoms with Crippen molar-refractivity contribution < 1.29 is 39.3 Å². The van der Waals surface area contributed by atoms with E-state index in [2.05, 4.69) is 16.6 Å². The van der Waals surface area contributed by atoms with Crippen LogP contribution in [-0.2, 0) is 24.0 Å². The molecule has 0 spiro atoms. The van der Waals surface area contributed by atoms with Crippen LogP contribution in [0, 0.1) is 12.3 Å². The highest BCUT2D eigenvalue weighted by Gasteiger charge is 2.21. The van der Waals surface area contributed by atoms with Gasteiger partial charge in [0.25, 0.3) is 0 Å². The number of hydrogen-bond donors (Lipinski definition) is 5. The summed E-state index contributed by atoms with van der Waals surface area (Å²) in [5.74, 6) is -1.69. The van der Waals surface area contributed by atoms with Crippen molar-refractivity contribution in [3.8, 4) is 12.3 Å². The molecule has 1 aliphatic heterocycles. The number of carboxylic acid groups (broad SMARTS) is 3. The number of aliphatic carboxylic acids is 3. The van der Waals surface area contributed by atoms with Crippen LogP contribution in [-0.4, -0.2) is 156 Å². The normalized spacial score (nSPS) is 17.3. The second-order valence-corrected chi connectivity index (χ2v) is 8.04. The Hall–Kier alpha value is -3.25. The number of rotatable bonds is 11. The van der Waals surface area contributed by atoms with Gasteiger partial charge in [-0.3, -0.25) is 43.6 Å². The van der Waals surface area contributed by atoms with Gasteiger partial charge in [0.15, 0.2) is 0 Å². The Kier molecular flexibility index (Phi) is 13.9. The molecular formula is C21H34N6O8. The van der Waals surface area contributed by atoms with Gasteiger partial charge in [-0.15, -0.1) is 6.42 Å². The van der Waals surface area contributed by atoms with E-state index in [1.165, 1.54) is 0 Å². The molecule has 35 heavy (non-hydrogen) atoms. The molecule has 0 unspecified atom stereocenters. The van der Waals surface area contributed by atoms with Crippen molar-refractivity contribution in [1.29, 1.82) is 0 Å². The van der Waals surface area contributed by atoms with Crippen LogP contribution in [0.4, 0.5) is 0 Å². The van der Waals surface area contributed by atoms with Gasteiger partial charge in [-0.25, -0.2) is 0 Å². The Balaban J connectivity index is 2.87. The molecular weight excluding hydrogens is 464 g/mol. The van der Waals surface area contributed by atoms with Gasteiger partial charge in [-0.1, -0.05) is 5.92 Å². The van der Waals surface area contributed by atoms with Gasteiger partial charge in [-0.05, 0) is 0 Å². The third-order valence-corrected chi connectivity index (χ3v) is 5.21. The first kappa shape index (κ1) is 29.8. The third-order valence-electron chi connectivity index (χ3n) is 5.21. The monoisotopic (exact) mass is 498 g/mol. The summed E-state index contributed by atoms with van der Waals surface area (Å²) in [5.41, 5.74) is 0. The smallest absolute Gasteiger partial charge is 0.317 e. The summed E-state index contributed by atoms with van der Waals surface area (Å²) in [6.07, 6.45) is 5.07. The van der Waals surface area contributed by atoms with Gasteiger partial charge in [0.1, 0.15) is 0 Å². The van der Waals surface area contributed by atoms with Gasteiger partial charge in [0.2, 0.25) is 11.8 Å². The van der Waals surface area contributed by atoms with Crippen LogP contribution < -0.4 is 10.6 Å². The first-order valence-electron chi connectivity index (χ1n) is 11.1. The molecule has 0 aliphatic carbocycles. The summed E-state index contributed by atoms with van der Waals surface area (Å²) in [7, 11) is 0. The predicted octanol–water partition coefficient (Wildman–Crippen LogP) is -3.67. The summed E-state index contributed by atoms with van der Waals surface area (Å²) >= 11 is 0. The SMILES string of the molecule is C#CCNC(=O)CNC(=O)CN1CCN(CC(=O)O)CCN(CC(=O)O)CCN(CC(=O)O)CC1. The molecule has 0 atom stereocenters. The number of carbonyl (C=O) groups excluding carboxylic acids is 2. The fourth-order valence-electron chi connectivity index (χ4n) is 3.43. The Bertz CT molecular complexity index is 754.